The van der Waals surface area contributed by atoms with Crippen molar-refractivity contribution in [3.8, 4) is 11.1 Å². The van der Waals surface area contributed by atoms with Crippen LogP contribution < -0.4 is 5.32 Å². The lowest BCUT2D eigenvalue weighted by molar-refractivity contribution is -0.157. The molecule has 0 spiro atoms. The van der Waals surface area contributed by atoms with Crippen LogP contribution in [0.5, 0.6) is 0 Å². The third kappa shape index (κ3) is 3.91. The van der Waals surface area contributed by atoms with Gasteiger partial charge in [-0.25, -0.2) is 9.59 Å². The average Bonchev–Trinajstić information content (AvgIpc) is 3.54. The number of nitrogens with zero attached hydrogens (tertiary/aromatic N) is 1. The van der Waals surface area contributed by atoms with E-state index in [9.17, 15) is 24.6 Å². The molecule has 5 rings (SSSR count). The SMILES string of the molecule is O=C(NC1CCOC1C(=O)N1CCC(O)(C(=O)O)C1)OCC1c2ccccc2-c2ccccc21. The second-order valence-corrected chi connectivity index (χ2v) is 9.00. The Morgan fingerprint density at radius 1 is 1.09 bits per heavy atom. The van der Waals surface area contributed by atoms with Crippen LogP contribution in [0.25, 0.3) is 11.1 Å². The largest absolute Gasteiger partial charge is 0.479 e. The van der Waals surface area contributed by atoms with Gasteiger partial charge in [-0.05, 0) is 28.7 Å². The predicted octanol–water partition coefficient (Wildman–Crippen LogP) is 1.73. The van der Waals surface area contributed by atoms with E-state index in [0.717, 1.165) is 22.3 Å². The number of rotatable bonds is 5. The average molecular weight is 466 g/mol. The van der Waals surface area contributed by atoms with E-state index < -0.39 is 35.7 Å². The van der Waals surface area contributed by atoms with Crippen molar-refractivity contribution in [3.05, 3.63) is 59.7 Å². The molecule has 2 heterocycles. The van der Waals surface area contributed by atoms with E-state index in [-0.39, 0.29) is 38.6 Å². The molecule has 178 valence electrons. The van der Waals surface area contributed by atoms with Crippen LogP contribution in [0.15, 0.2) is 48.5 Å². The number of hydrogen-bond acceptors (Lipinski definition) is 6. The van der Waals surface area contributed by atoms with E-state index >= 15 is 0 Å². The summed E-state index contributed by atoms with van der Waals surface area (Å²) < 4.78 is 11.1. The molecular formula is C25H26N2O7. The first kappa shape index (κ1) is 22.4. The fourth-order valence-electron chi connectivity index (χ4n) is 5.11. The number of carbonyl (C=O) groups excluding carboxylic acids is 2. The molecule has 34 heavy (non-hydrogen) atoms. The monoisotopic (exact) mass is 466 g/mol. The fraction of sp³-hybridized carbons (Fsp3) is 0.400. The van der Waals surface area contributed by atoms with Crippen molar-refractivity contribution in [1.82, 2.24) is 10.2 Å². The van der Waals surface area contributed by atoms with Gasteiger partial charge in [-0.15, -0.1) is 0 Å². The van der Waals surface area contributed by atoms with Crippen LogP contribution >= 0.6 is 0 Å². The summed E-state index contributed by atoms with van der Waals surface area (Å²) >= 11 is 0. The van der Waals surface area contributed by atoms with Crippen molar-refractivity contribution in [2.75, 3.05) is 26.3 Å². The number of carbonyl (C=O) groups is 3. The molecule has 2 saturated heterocycles. The number of alkyl carbamates (subject to hydrolysis) is 1. The summed E-state index contributed by atoms with van der Waals surface area (Å²) in [6, 6.07) is 15.5. The van der Waals surface area contributed by atoms with Gasteiger partial charge in [0.1, 0.15) is 6.61 Å². The topological polar surface area (TPSA) is 125 Å². The second-order valence-electron chi connectivity index (χ2n) is 9.00. The van der Waals surface area contributed by atoms with Crippen LogP contribution in [0.4, 0.5) is 4.79 Å². The molecule has 3 unspecified atom stereocenters. The standard InChI is InChI=1S/C25H26N2O7/c28-22(27-11-10-25(32,14-27)23(29)30)21-20(9-12-33-21)26-24(31)34-13-19-17-7-3-1-5-15(17)16-6-2-4-8-18(16)19/h1-8,19-21,32H,9-14H2,(H,26,31)(H,29,30). The summed E-state index contributed by atoms with van der Waals surface area (Å²) in [6.45, 7) is 0.240. The minimum absolute atomic E-state index is 0.0503. The number of ether oxygens (including phenoxy) is 2. The quantitative estimate of drug-likeness (QED) is 0.613. The maximum Gasteiger partial charge on any atom is 0.407 e. The molecule has 0 aromatic heterocycles. The third-order valence-corrected chi connectivity index (χ3v) is 6.94. The Morgan fingerprint density at radius 2 is 1.74 bits per heavy atom. The van der Waals surface area contributed by atoms with Gasteiger partial charge in [0.15, 0.2) is 11.7 Å². The number of amides is 2. The Balaban J connectivity index is 1.21. The lowest BCUT2D eigenvalue weighted by Crippen LogP contribution is -2.50. The number of β-amino-alcohol motifs (C(OH)–C–C–N with tert-alkyl or cyclic N) is 1. The summed E-state index contributed by atoms with van der Waals surface area (Å²) in [6.07, 6.45) is -1.21. The smallest absolute Gasteiger partial charge is 0.407 e. The summed E-state index contributed by atoms with van der Waals surface area (Å²) in [5, 5.41) is 22.1. The van der Waals surface area contributed by atoms with E-state index in [2.05, 4.69) is 17.4 Å². The number of aliphatic hydroxyl groups is 1. The summed E-state index contributed by atoms with van der Waals surface area (Å²) in [4.78, 5) is 38.1. The number of fused-ring (bicyclic) bond motifs is 3. The first-order chi connectivity index (χ1) is 16.4. The number of likely N-dealkylation sites (tertiary alicyclic amines) is 1. The highest BCUT2D eigenvalue weighted by atomic mass is 16.6. The lowest BCUT2D eigenvalue weighted by Gasteiger charge is -2.25. The molecule has 2 fully saturated rings. The van der Waals surface area contributed by atoms with Crippen molar-refractivity contribution < 1.29 is 34.1 Å². The Bertz CT molecular complexity index is 1090. The highest BCUT2D eigenvalue weighted by Gasteiger charge is 2.48. The zero-order valence-electron chi connectivity index (χ0n) is 18.5. The zero-order chi connectivity index (χ0) is 23.9. The Kier molecular flexibility index (Phi) is 5.75. The summed E-state index contributed by atoms with van der Waals surface area (Å²) in [7, 11) is 0. The van der Waals surface area contributed by atoms with Crippen molar-refractivity contribution in [2.45, 2.75) is 36.5 Å². The normalized spacial score (nSPS) is 25.6. The molecule has 0 saturated carbocycles. The molecule has 9 heteroatoms. The minimum Gasteiger partial charge on any atom is -0.479 e. The highest BCUT2D eigenvalue weighted by Crippen LogP contribution is 2.44. The van der Waals surface area contributed by atoms with Gasteiger partial charge in [0.25, 0.3) is 5.91 Å². The first-order valence-corrected chi connectivity index (χ1v) is 11.3. The molecule has 3 aliphatic rings. The second kappa shape index (κ2) is 8.73. The van der Waals surface area contributed by atoms with Crippen LogP contribution in [0.1, 0.15) is 29.9 Å². The number of nitrogens with one attached hydrogen (secondary N) is 1. The number of carboxylic acid groups (broad SMARTS) is 1. The molecule has 2 aliphatic heterocycles. The molecule has 2 amide bonds. The van der Waals surface area contributed by atoms with Crippen molar-refractivity contribution in [2.24, 2.45) is 0 Å². The van der Waals surface area contributed by atoms with E-state index in [4.69, 9.17) is 9.47 Å². The van der Waals surface area contributed by atoms with E-state index in [0.29, 0.717) is 6.42 Å². The molecular weight excluding hydrogens is 440 g/mol. The third-order valence-electron chi connectivity index (χ3n) is 6.94. The highest BCUT2D eigenvalue weighted by molar-refractivity contribution is 5.86. The zero-order valence-corrected chi connectivity index (χ0v) is 18.5. The molecule has 3 atom stereocenters. The van der Waals surface area contributed by atoms with Gasteiger partial charge in [-0.1, -0.05) is 48.5 Å². The molecule has 1 aliphatic carbocycles. The molecule has 9 nitrogen and oxygen atoms in total. The van der Waals surface area contributed by atoms with Gasteiger partial charge in [0.2, 0.25) is 0 Å². The maximum absolute atomic E-state index is 12.9. The molecule has 3 N–H and O–H groups in total. The minimum atomic E-state index is -1.95. The van der Waals surface area contributed by atoms with Crippen LogP contribution in [0.2, 0.25) is 0 Å². The van der Waals surface area contributed by atoms with Gasteiger partial charge in [0.05, 0.1) is 12.6 Å². The number of hydrogen-bond donors (Lipinski definition) is 3. The molecule has 2 aromatic rings. The van der Waals surface area contributed by atoms with E-state index in [1.807, 2.05) is 36.4 Å². The molecule has 0 radical (unpaired) electrons. The maximum atomic E-state index is 12.9. The van der Waals surface area contributed by atoms with Crippen molar-refractivity contribution in [3.63, 3.8) is 0 Å². The van der Waals surface area contributed by atoms with Crippen LogP contribution in [-0.4, -0.2) is 77.1 Å². The summed E-state index contributed by atoms with van der Waals surface area (Å²) in [5.41, 5.74) is 2.52. The van der Waals surface area contributed by atoms with Gasteiger partial charge < -0.3 is 29.9 Å². The Hall–Kier alpha value is -3.43. The van der Waals surface area contributed by atoms with Crippen LogP contribution in [-0.2, 0) is 19.1 Å². The van der Waals surface area contributed by atoms with E-state index in [1.54, 1.807) is 0 Å². The van der Waals surface area contributed by atoms with Crippen molar-refractivity contribution in [1.29, 1.82) is 0 Å². The number of aliphatic carboxylic acids is 1. The number of carboxylic acids is 1. The van der Waals surface area contributed by atoms with E-state index in [1.165, 1.54) is 4.90 Å². The number of benzene rings is 2. The van der Waals surface area contributed by atoms with Gasteiger partial charge in [-0.3, -0.25) is 4.79 Å². The van der Waals surface area contributed by atoms with Crippen LogP contribution in [0, 0.1) is 0 Å². The van der Waals surface area contributed by atoms with Gasteiger partial charge in [-0.2, -0.15) is 0 Å². The lowest BCUT2D eigenvalue weighted by atomic mass is 9.98. The van der Waals surface area contributed by atoms with Gasteiger partial charge in [0, 0.05) is 25.5 Å². The Labute approximate surface area is 196 Å². The van der Waals surface area contributed by atoms with Crippen molar-refractivity contribution >= 4 is 18.0 Å². The first-order valence-electron chi connectivity index (χ1n) is 11.3. The fourth-order valence-corrected chi connectivity index (χ4v) is 5.11. The van der Waals surface area contributed by atoms with Gasteiger partial charge >= 0.3 is 12.1 Å². The van der Waals surface area contributed by atoms with Crippen LogP contribution in [0.3, 0.4) is 0 Å². The molecule has 0 bridgehead atoms. The Morgan fingerprint density at radius 3 is 2.35 bits per heavy atom. The summed E-state index contributed by atoms with van der Waals surface area (Å²) in [5.74, 6) is -1.88. The predicted molar refractivity (Wildman–Crippen MR) is 120 cm³/mol. The molecule has 2 aromatic carbocycles.